The highest BCUT2D eigenvalue weighted by molar-refractivity contribution is 7.89. The first-order chi connectivity index (χ1) is 12.1. The molecule has 1 amide bonds. The van der Waals surface area contributed by atoms with Gasteiger partial charge in [0.2, 0.25) is 15.9 Å². The number of likely N-dealkylation sites (tertiary alicyclic amines) is 1. The number of hydrogen-bond donors (Lipinski definition) is 1. The summed E-state index contributed by atoms with van der Waals surface area (Å²) in [4.78, 5) is 14.3. The van der Waals surface area contributed by atoms with Crippen molar-refractivity contribution in [2.24, 2.45) is 0 Å². The van der Waals surface area contributed by atoms with Gasteiger partial charge in [-0.3, -0.25) is 4.79 Å². The Morgan fingerprint density at radius 3 is 2.36 bits per heavy atom. The highest BCUT2D eigenvalue weighted by Gasteiger charge is 2.18. The molecular formula is C19H24N2O3S. The van der Waals surface area contributed by atoms with Crippen LogP contribution in [0.3, 0.4) is 0 Å². The lowest BCUT2D eigenvalue weighted by molar-refractivity contribution is -0.130. The van der Waals surface area contributed by atoms with E-state index in [1.54, 1.807) is 18.2 Å². The molecule has 3 rings (SSSR count). The second kappa shape index (κ2) is 7.97. The van der Waals surface area contributed by atoms with Gasteiger partial charge in [0.15, 0.2) is 0 Å². The largest absolute Gasteiger partial charge is 0.343 e. The summed E-state index contributed by atoms with van der Waals surface area (Å²) in [5.41, 5.74) is 0. The first-order valence-corrected chi connectivity index (χ1v) is 10.3. The fourth-order valence-electron chi connectivity index (χ4n) is 3.19. The Labute approximate surface area is 149 Å². The molecule has 1 fully saturated rings. The molecule has 1 aliphatic heterocycles. The van der Waals surface area contributed by atoms with Crippen LogP contribution >= 0.6 is 0 Å². The number of carbonyl (C=O) groups excluding carboxylic acids is 1. The van der Waals surface area contributed by atoms with E-state index in [1.165, 1.54) is 12.8 Å². The summed E-state index contributed by atoms with van der Waals surface area (Å²) in [6.45, 7) is 1.71. The SMILES string of the molecule is O=C(CCNS(=O)(=O)c1ccc2ccccc2c1)N1CCCCCC1. The Balaban J connectivity index is 1.60. The molecule has 1 N–H and O–H groups in total. The van der Waals surface area contributed by atoms with Crippen molar-refractivity contribution in [2.45, 2.75) is 37.0 Å². The molecule has 2 aromatic carbocycles. The highest BCUT2D eigenvalue weighted by Crippen LogP contribution is 2.19. The minimum Gasteiger partial charge on any atom is -0.343 e. The fraction of sp³-hybridized carbons (Fsp3) is 0.421. The van der Waals surface area contributed by atoms with Gasteiger partial charge < -0.3 is 4.90 Å². The molecule has 0 atom stereocenters. The maximum atomic E-state index is 12.5. The number of nitrogens with zero attached hydrogens (tertiary/aromatic N) is 1. The number of carbonyl (C=O) groups is 1. The molecule has 0 aliphatic carbocycles. The van der Waals surface area contributed by atoms with Crippen LogP contribution < -0.4 is 4.72 Å². The van der Waals surface area contributed by atoms with Crippen molar-refractivity contribution in [3.05, 3.63) is 42.5 Å². The highest BCUT2D eigenvalue weighted by atomic mass is 32.2. The molecule has 0 aromatic heterocycles. The number of amides is 1. The van der Waals surface area contributed by atoms with Gasteiger partial charge in [0, 0.05) is 26.1 Å². The minimum atomic E-state index is -3.61. The van der Waals surface area contributed by atoms with Crippen molar-refractivity contribution < 1.29 is 13.2 Å². The Morgan fingerprint density at radius 1 is 0.960 bits per heavy atom. The number of fused-ring (bicyclic) bond motifs is 1. The second-order valence-corrected chi connectivity index (χ2v) is 8.22. The van der Waals surface area contributed by atoms with E-state index in [4.69, 9.17) is 0 Å². The van der Waals surface area contributed by atoms with Gasteiger partial charge in [-0.2, -0.15) is 0 Å². The molecule has 6 heteroatoms. The van der Waals surface area contributed by atoms with Gasteiger partial charge in [0.05, 0.1) is 4.90 Å². The first kappa shape index (κ1) is 17.9. The monoisotopic (exact) mass is 360 g/mol. The molecule has 25 heavy (non-hydrogen) atoms. The lowest BCUT2D eigenvalue weighted by Crippen LogP contribution is -2.35. The topological polar surface area (TPSA) is 66.5 Å². The van der Waals surface area contributed by atoms with E-state index in [0.717, 1.165) is 36.7 Å². The van der Waals surface area contributed by atoms with Crippen LogP contribution in [-0.4, -0.2) is 38.9 Å². The molecule has 0 spiro atoms. The van der Waals surface area contributed by atoms with E-state index in [2.05, 4.69) is 4.72 Å². The summed E-state index contributed by atoms with van der Waals surface area (Å²) in [6.07, 6.45) is 4.60. The first-order valence-electron chi connectivity index (χ1n) is 8.82. The van der Waals surface area contributed by atoms with Crippen LogP contribution in [0, 0.1) is 0 Å². The predicted molar refractivity (Wildman–Crippen MR) is 98.8 cm³/mol. The standard InChI is InChI=1S/C19H24N2O3S/c22-19(21-13-5-1-2-6-14-21)11-12-20-25(23,24)18-10-9-16-7-3-4-8-17(16)15-18/h3-4,7-10,15,20H,1-2,5-6,11-14H2. The van der Waals surface area contributed by atoms with Crippen molar-refractivity contribution in [1.82, 2.24) is 9.62 Å². The number of hydrogen-bond acceptors (Lipinski definition) is 3. The summed E-state index contributed by atoms with van der Waals surface area (Å²) in [5, 5.41) is 1.88. The Hall–Kier alpha value is -1.92. The molecular weight excluding hydrogens is 336 g/mol. The average Bonchev–Trinajstić information content (AvgIpc) is 2.90. The summed E-state index contributed by atoms with van der Waals surface area (Å²) in [7, 11) is -3.61. The summed E-state index contributed by atoms with van der Waals surface area (Å²) in [6, 6.07) is 12.7. The molecule has 2 aromatic rings. The molecule has 1 aliphatic rings. The zero-order valence-corrected chi connectivity index (χ0v) is 15.1. The van der Waals surface area contributed by atoms with Gasteiger partial charge >= 0.3 is 0 Å². The summed E-state index contributed by atoms with van der Waals surface area (Å²) in [5.74, 6) is 0.0307. The van der Waals surface area contributed by atoms with Gasteiger partial charge in [-0.25, -0.2) is 13.1 Å². The third-order valence-corrected chi connectivity index (χ3v) is 6.08. The van der Waals surface area contributed by atoms with Crippen LogP contribution in [0.2, 0.25) is 0 Å². The zero-order valence-electron chi connectivity index (χ0n) is 14.3. The van der Waals surface area contributed by atoms with Crippen LogP contribution in [0.1, 0.15) is 32.1 Å². The van der Waals surface area contributed by atoms with E-state index in [1.807, 2.05) is 29.2 Å². The van der Waals surface area contributed by atoms with Crippen molar-refractivity contribution >= 4 is 26.7 Å². The summed E-state index contributed by atoms with van der Waals surface area (Å²) >= 11 is 0. The van der Waals surface area contributed by atoms with Gasteiger partial charge in [0.25, 0.3) is 0 Å². The second-order valence-electron chi connectivity index (χ2n) is 6.45. The van der Waals surface area contributed by atoms with Gasteiger partial charge in [-0.05, 0) is 35.7 Å². The maximum Gasteiger partial charge on any atom is 0.240 e. The van der Waals surface area contributed by atoms with E-state index in [-0.39, 0.29) is 23.8 Å². The van der Waals surface area contributed by atoms with Gasteiger partial charge in [-0.1, -0.05) is 43.2 Å². The Kier molecular flexibility index (Phi) is 5.71. The molecule has 0 bridgehead atoms. The van der Waals surface area contributed by atoms with Crippen LogP contribution in [0.4, 0.5) is 0 Å². The van der Waals surface area contributed by atoms with Crippen LogP contribution in [0.5, 0.6) is 0 Å². The molecule has 0 saturated carbocycles. The van der Waals surface area contributed by atoms with Gasteiger partial charge in [-0.15, -0.1) is 0 Å². The van der Waals surface area contributed by atoms with Crippen LogP contribution in [0.25, 0.3) is 10.8 Å². The van der Waals surface area contributed by atoms with E-state index in [0.29, 0.717) is 0 Å². The summed E-state index contributed by atoms with van der Waals surface area (Å²) < 4.78 is 27.5. The Morgan fingerprint density at radius 2 is 1.64 bits per heavy atom. The third-order valence-electron chi connectivity index (χ3n) is 4.62. The molecule has 0 radical (unpaired) electrons. The van der Waals surface area contributed by atoms with Crippen molar-refractivity contribution in [2.75, 3.05) is 19.6 Å². The number of sulfonamides is 1. The lowest BCUT2D eigenvalue weighted by atomic mass is 10.1. The average molecular weight is 360 g/mol. The van der Waals surface area contributed by atoms with Crippen molar-refractivity contribution in [1.29, 1.82) is 0 Å². The van der Waals surface area contributed by atoms with Crippen LogP contribution in [0.15, 0.2) is 47.4 Å². The minimum absolute atomic E-state index is 0.0307. The number of benzene rings is 2. The van der Waals surface area contributed by atoms with E-state index >= 15 is 0 Å². The smallest absolute Gasteiger partial charge is 0.240 e. The fourth-order valence-corrected chi connectivity index (χ4v) is 4.26. The molecule has 1 heterocycles. The zero-order chi connectivity index (χ0) is 17.7. The number of rotatable bonds is 5. The quantitative estimate of drug-likeness (QED) is 0.891. The number of nitrogens with one attached hydrogen (secondary N) is 1. The molecule has 134 valence electrons. The van der Waals surface area contributed by atoms with E-state index in [9.17, 15) is 13.2 Å². The van der Waals surface area contributed by atoms with Crippen molar-refractivity contribution in [3.8, 4) is 0 Å². The molecule has 5 nitrogen and oxygen atoms in total. The van der Waals surface area contributed by atoms with Gasteiger partial charge in [0.1, 0.15) is 0 Å². The molecule has 0 unspecified atom stereocenters. The lowest BCUT2D eigenvalue weighted by Gasteiger charge is -2.20. The Bertz CT molecular complexity index is 841. The molecule has 1 saturated heterocycles. The third kappa shape index (κ3) is 4.58. The normalized spacial score (nSPS) is 15.9. The van der Waals surface area contributed by atoms with Crippen molar-refractivity contribution in [3.63, 3.8) is 0 Å². The van der Waals surface area contributed by atoms with E-state index < -0.39 is 10.0 Å². The van der Waals surface area contributed by atoms with Crippen LogP contribution in [-0.2, 0) is 14.8 Å². The maximum absolute atomic E-state index is 12.5. The predicted octanol–water partition coefficient (Wildman–Crippen LogP) is 2.91.